The third kappa shape index (κ3) is 3.16. The minimum absolute atomic E-state index is 0.222. The first-order chi connectivity index (χ1) is 7.74. The van der Waals surface area contributed by atoms with Crippen molar-refractivity contribution in [3.63, 3.8) is 0 Å². The molecule has 0 aromatic carbocycles. The highest BCUT2D eigenvalue weighted by atomic mass is 32.1. The second-order valence-corrected chi connectivity index (χ2v) is 4.65. The first kappa shape index (κ1) is 11.3. The smallest absolute Gasteiger partial charge is 0.328 e. The minimum Gasteiger partial charge on any atom is -0.478 e. The van der Waals surface area contributed by atoms with Crippen LogP contribution >= 0.6 is 11.3 Å². The van der Waals surface area contributed by atoms with E-state index in [4.69, 9.17) is 14.6 Å². The Morgan fingerprint density at radius 1 is 1.62 bits per heavy atom. The maximum absolute atomic E-state index is 10.3. The van der Waals surface area contributed by atoms with Crippen molar-refractivity contribution in [1.82, 2.24) is 0 Å². The van der Waals surface area contributed by atoms with Crippen molar-refractivity contribution in [3.8, 4) is 0 Å². The van der Waals surface area contributed by atoms with Gasteiger partial charge in [-0.25, -0.2) is 4.79 Å². The zero-order chi connectivity index (χ0) is 11.4. The fraction of sp³-hybridized carbons (Fsp3) is 0.364. The fourth-order valence-corrected chi connectivity index (χ4v) is 2.06. The number of thiophene rings is 1. The van der Waals surface area contributed by atoms with Gasteiger partial charge in [0.25, 0.3) is 0 Å². The standard InChI is InChI=1S/C11H12O4S/c12-11(13)4-3-9-1-2-10(16-9)7-15-8-5-14-6-8/h1-4,8H,5-7H2,(H,12,13)/b4-3+. The Morgan fingerprint density at radius 2 is 2.44 bits per heavy atom. The molecule has 2 rings (SSSR count). The average molecular weight is 240 g/mol. The normalized spacial score (nSPS) is 16.5. The van der Waals surface area contributed by atoms with Gasteiger partial charge in [0.15, 0.2) is 0 Å². The van der Waals surface area contributed by atoms with Gasteiger partial charge >= 0.3 is 5.97 Å². The van der Waals surface area contributed by atoms with E-state index in [0.717, 1.165) is 15.8 Å². The van der Waals surface area contributed by atoms with Crippen LogP contribution in [-0.2, 0) is 20.9 Å². The summed E-state index contributed by atoms with van der Waals surface area (Å²) in [5.74, 6) is -0.933. The first-order valence-corrected chi connectivity index (χ1v) is 5.75. The number of carboxylic acid groups (broad SMARTS) is 1. The third-order valence-electron chi connectivity index (χ3n) is 2.14. The second kappa shape index (κ2) is 5.25. The zero-order valence-corrected chi connectivity index (χ0v) is 9.40. The zero-order valence-electron chi connectivity index (χ0n) is 8.59. The highest BCUT2D eigenvalue weighted by Crippen LogP contribution is 2.20. The molecule has 16 heavy (non-hydrogen) atoms. The number of ether oxygens (including phenoxy) is 2. The van der Waals surface area contributed by atoms with Gasteiger partial charge in [-0.3, -0.25) is 0 Å². The Bertz CT molecular complexity index is 392. The Labute approximate surface area is 97.1 Å². The Kier molecular flexibility index (Phi) is 3.71. The molecule has 1 fully saturated rings. The van der Waals surface area contributed by atoms with Gasteiger partial charge in [-0.1, -0.05) is 0 Å². The molecule has 1 aliphatic rings. The summed E-state index contributed by atoms with van der Waals surface area (Å²) in [4.78, 5) is 12.3. The van der Waals surface area contributed by atoms with Crippen molar-refractivity contribution < 1.29 is 19.4 Å². The molecule has 86 valence electrons. The second-order valence-electron chi connectivity index (χ2n) is 3.45. The van der Waals surface area contributed by atoms with Gasteiger partial charge in [0.1, 0.15) is 6.10 Å². The highest BCUT2D eigenvalue weighted by molar-refractivity contribution is 7.12. The van der Waals surface area contributed by atoms with Gasteiger partial charge in [-0.05, 0) is 18.2 Å². The predicted octanol–water partition coefficient (Wildman–Crippen LogP) is 1.76. The predicted molar refractivity (Wildman–Crippen MR) is 60.4 cm³/mol. The summed E-state index contributed by atoms with van der Waals surface area (Å²) in [5.41, 5.74) is 0. The van der Waals surface area contributed by atoms with Crippen LogP contribution in [-0.4, -0.2) is 30.4 Å². The molecule has 0 atom stereocenters. The van der Waals surface area contributed by atoms with Crippen molar-refractivity contribution in [1.29, 1.82) is 0 Å². The van der Waals surface area contributed by atoms with Gasteiger partial charge in [0.05, 0.1) is 19.8 Å². The van der Waals surface area contributed by atoms with E-state index in [1.165, 1.54) is 11.3 Å². The summed E-state index contributed by atoms with van der Waals surface area (Å²) in [7, 11) is 0. The van der Waals surface area contributed by atoms with E-state index in [1.54, 1.807) is 6.08 Å². The molecule has 2 heterocycles. The Morgan fingerprint density at radius 3 is 3.06 bits per heavy atom. The van der Waals surface area contributed by atoms with Crippen molar-refractivity contribution >= 4 is 23.4 Å². The molecule has 0 amide bonds. The molecule has 1 aromatic rings. The number of aliphatic carboxylic acids is 1. The summed E-state index contributed by atoms with van der Waals surface area (Å²) in [6, 6.07) is 3.84. The summed E-state index contributed by atoms with van der Waals surface area (Å²) in [5, 5.41) is 8.48. The van der Waals surface area contributed by atoms with E-state index >= 15 is 0 Å². The van der Waals surface area contributed by atoms with Gasteiger partial charge in [0, 0.05) is 15.8 Å². The molecule has 0 spiro atoms. The monoisotopic (exact) mass is 240 g/mol. The molecule has 0 unspecified atom stereocenters. The lowest BCUT2D eigenvalue weighted by Gasteiger charge is -2.25. The molecule has 1 N–H and O–H groups in total. The van der Waals surface area contributed by atoms with Crippen molar-refractivity contribution in [3.05, 3.63) is 28.0 Å². The largest absolute Gasteiger partial charge is 0.478 e. The molecular formula is C11H12O4S. The van der Waals surface area contributed by atoms with Gasteiger partial charge in [-0.2, -0.15) is 0 Å². The van der Waals surface area contributed by atoms with Gasteiger partial charge < -0.3 is 14.6 Å². The van der Waals surface area contributed by atoms with E-state index in [1.807, 2.05) is 12.1 Å². The number of hydrogen-bond donors (Lipinski definition) is 1. The number of rotatable bonds is 5. The molecule has 1 saturated heterocycles. The van der Waals surface area contributed by atoms with Crippen molar-refractivity contribution in [2.75, 3.05) is 13.2 Å². The van der Waals surface area contributed by atoms with Crippen LogP contribution in [0.5, 0.6) is 0 Å². The molecular weight excluding hydrogens is 228 g/mol. The van der Waals surface area contributed by atoms with Gasteiger partial charge in [0.2, 0.25) is 0 Å². The van der Waals surface area contributed by atoms with Crippen LogP contribution in [0.25, 0.3) is 6.08 Å². The van der Waals surface area contributed by atoms with Crippen LogP contribution in [0, 0.1) is 0 Å². The summed E-state index contributed by atoms with van der Waals surface area (Å²) in [6.07, 6.45) is 2.94. The van der Waals surface area contributed by atoms with Crippen LogP contribution in [0.15, 0.2) is 18.2 Å². The van der Waals surface area contributed by atoms with E-state index in [9.17, 15) is 4.79 Å². The van der Waals surface area contributed by atoms with Crippen molar-refractivity contribution in [2.45, 2.75) is 12.7 Å². The summed E-state index contributed by atoms with van der Waals surface area (Å²) in [6.45, 7) is 1.92. The minimum atomic E-state index is -0.933. The van der Waals surface area contributed by atoms with Crippen LogP contribution in [0.4, 0.5) is 0 Å². The Balaban J connectivity index is 1.83. The molecule has 1 aliphatic heterocycles. The lowest BCUT2D eigenvalue weighted by atomic mass is 10.3. The fourth-order valence-electron chi connectivity index (χ4n) is 1.23. The van der Waals surface area contributed by atoms with E-state index in [2.05, 4.69) is 0 Å². The number of carbonyl (C=O) groups is 1. The molecule has 0 aliphatic carbocycles. The lowest BCUT2D eigenvalue weighted by molar-refractivity contribution is -0.134. The highest BCUT2D eigenvalue weighted by Gasteiger charge is 2.18. The van der Waals surface area contributed by atoms with Crippen LogP contribution in [0.1, 0.15) is 9.75 Å². The number of hydrogen-bond acceptors (Lipinski definition) is 4. The van der Waals surface area contributed by atoms with E-state index in [-0.39, 0.29) is 6.10 Å². The maximum Gasteiger partial charge on any atom is 0.328 e. The molecule has 5 heteroatoms. The summed E-state index contributed by atoms with van der Waals surface area (Å²) >= 11 is 1.54. The molecule has 1 aromatic heterocycles. The topological polar surface area (TPSA) is 55.8 Å². The molecule has 0 radical (unpaired) electrons. The van der Waals surface area contributed by atoms with E-state index < -0.39 is 5.97 Å². The van der Waals surface area contributed by atoms with Gasteiger partial charge in [-0.15, -0.1) is 11.3 Å². The third-order valence-corrected chi connectivity index (χ3v) is 3.17. The molecule has 0 saturated carbocycles. The van der Waals surface area contributed by atoms with Crippen LogP contribution < -0.4 is 0 Å². The maximum atomic E-state index is 10.3. The molecule has 0 bridgehead atoms. The summed E-state index contributed by atoms with van der Waals surface area (Å²) < 4.78 is 10.5. The van der Waals surface area contributed by atoms with Crippen LogP contribution in [0.2, 0.25) is 0 Å². The van der Waals surface area contributed by atoms with Crippen LogP contribution in [0.3, 0.4) is 0 Å². The SMILES string of the molecule is O=C(O)/C=C/c1ccc(COC2COC2)s1. The molecule has 4 nitrogen and oxygen atoms in total. The average Bonchev–Trinajstić information content (AvgIpc) is 2.60. The number of carboxylic acids is 1. The first-order valence-electron chi connectivity index (χ1n) is 4.93. The lowest BCUT2D eigenvalue weighted by Crippen LogP contribution is -2.35. The van der Waals surface area contributed by atoms with Crippen molar-refractivity contribution in [2.24, 2.45) is 0 Å². The van der Waals surface area contributed by atoms with E-state index in [0.29, 0.717) is 19.8 Å². The quantitative estimate of drug-likeness (QED) is 0.797. The Hall–Kier alpha value is -1.17.